The van der Waals surface area contributed by atoms with Crippen LogP contribution in [0.2, 0.25) is 0 Å². The Bertz CT molecular complexity index is 334. The molecule has 0 aliphatic heterocycles. The molecular formula is C11H20ClN5. The smallest absolute Gasteiger partial charge is 0.188 e. The molecule has 0 spiro atoms. The van der Waals surface area contributed by atoms with Crippen LogP contribution in [0.1, 0.15) is 37.9 Å². The van der Waals surface area contributed by atoms with E-state index in [4.69, 9.17) is 11.6 Å². The minimum absolute atomic E-state index is 0.645. The number of rotatable bonds is 5. The normalized spacial score (nSPS) is 17.8. The first kappa shape index (κ1) is 12.8. The molecule has 0 aromatic carbocycles. The van der Waals surface area contributed by atoms with Gasteiger partial charge in [0.2, 0.25) is 0 Å². The van der Waals surface area contributed by atoms with Crippen molar-refractivity contribution in [3.8, 4) is 0 Å². The van der Waals surface area contributed by atoms with Gasteiger partial charge in [-0.2, -0.15) is 4.80 Å². The molecule has 17 heavy (non-hydrogen) atoms. The van der Waals surface area contributed by atoms with Crippen molar-refractivity contribution in [2.24, 2.45) is 7.05 Å². The van der Waals surface area contributed by atoms with Gasteiger partial charge in [-0.25, -0.2) is 0 Å². The molecule has 1 fully saturated rings. The number of hydrogen-bond acceptors (Lipinski definition) is 4. The third kappa shape index (κ3) is 3.64. The Morgan fingerprint density at radius 2 is 2.12 bits per heavy atom. The topological polar surface area (TPSA) is 46.8 Å². The monoisotopic (exact) mass is 257 g/mol. The highest BCUT2D eigenvalue weighted by Gasteiger charge is 2.21. The number of nitrogens with zero attached hydrogens (tertiary/aromatic N) is 5. The fourth-order valence-corrected chi connectivity index (χ4v) is 2.73. The van der Waals surface area contributed by atoms with Crippen molar-refractivity contribution < 1.29 is 0 Å². The molecular weight excluding hydrogens is 238 g/mol. The van der Waals surface area contributed by atoms with E-state index >= 15 is 0 Å². The molecule has 1 aliphatic rings. The Kier molecular flexibility index (Phi) is 4.74. The average molecular weight is 258 g/mol. The highest BCUT2D eigenvalue weighted by Crippen LogP contribution is 2.23. The van der Waals surface area contributed by atoms with Gasteiger partial charge >= 0.3 is 0 Å². The second-order valence-electron chi connectivity index (χ2n) is 4.65. The SMILES string of the molecule is Cn1nnc(CN(CCCl)C2CCCCC2)n1. The van der Waals surface area contributed by atoms with Gasteiger partial charge in [-0.15, -0.1) is 21.8 Å². The summed E-state index contributed by atoms with van der Waals surface area (Å²) in [5.74, 6) is 1.46. The molecule has 2 rings (SSSR count). The molecule has 5 nitrogen and oxygen atoms in total. The van der Waals surface area contributed by atoms with Gasteiger partial charge in [-0.1, -0.05) is 19.3 Å². The minimum atomic E-state index is 0.645. The van der Waals surface area contributed by atoms with Crippen LogP contribution in [0.3, 0.4) is 0 Å². The van der Waals surface area contributed by atoms with Crippen LogP contribution in [-0.4, -0.2) is 43.6 Å². The summed E-state index contributed by atoms with van der Waals surface area (Å²) < 4.78 is 0. The van der Waals surface area contributed by atoms with E-state index in [0.717, 1.165) is 18.9 Å². The molecule has 0 saturated heterocycles. The van der Waals surface area contributed by atoms with Gasteiger partial charge in [-0.3, -0.25) is 4.90 Å². The number of aryl methyl sites for hydroxylation is 1. The van der Waals surface area contributed by atoms with Crippen LogP contribution < -0.4 is 0 Å². The Hall–Kier alpha value is -0.680. The number of halogens is 1. The van der Waals surface area contributed by atoms with E-state index in [1.165, 1.54) is 36.9 Å². The van der Waals surface area contributed by atoms with Gasteiger partial charge in [0.25, 0.3) is 0 Å². The number of tetrazole rings is 1. The fourth-order valence-electron chi connectivity index (χ4n) is 2.51. The van der Waals surface area contributed by atoms with E-state index in [2.05, 4.69) is 20.3 Å². The summed E-state index contributed by atoms with van der Waals surface area (Å²) in [6.07, 6.45) is 6.58. The zero-order valence-electron chi connectivity index (χ0n) is 10.3. The van der Waals surface area contributed by atoms with Crippen molar-refractivity contribution in [3.05, 3.63) is 5.82 Å². The molecule has 6 heteroatoms. The number of aromatic nitrogens is 4. The molecule has 0 amide bonds. The third-order valence-electron chi connectivity index (χ3n) is 3.36. The van der Waals surface area contributed by atoms with Crippen LogP contribution in [0.5, 0.6) is 0 Å². The van der Waals surface area contributed by atoms with Crippen LogP contribution in [0, 0.1) is 0 Å². The lowest BCUT2D eigenvalue weighted by Gasteiger charge is -2.32. The van der Waals surface area contributed by atoms with Crippen molar-refractivity contribution >= 4 is 11.6 Å². The molecule has 0 unspecified atom stereocenters. The molecule has 1 aromatic rings. The number of alkyl halides is 1. The minimum Gasteiger partial charge on any atom is -0.292 e. The Balaban J connectivity index is 1.95. The van der Waals surface area contributed by atoms with Gasteiger partial charge in [-0.05, 0) is 18.1 Å². The lowest BCUT2D eigenvalue weighted by molar-refractivity contribution is 0.153. The van der Waals surface area contributed by atoms with Crippen molar-refractivity contribution in [1.82, 2.24) is 25.1 Å². The standard InChI is InChI=1S/C11H20ClN5/c1-16-14-11(13-15-16)9-17(8-7-12)10-5-3-2-4-6-10/h10H,2-9H2,1H3. The van der Waals surface area contributed by atoms with Gasteiger partial charge in [0.15, 0.2) is 5.82 Å². The van der Waals surface area contributed by atoms with Crippen molar-refractivity contribution in [3.63, 3.8) is 0 Å². The molecule has 0 atom stereocenters. The highest BCUT2D eigenvalue weighted by molar-refractivity contribution is 6.18. The summed E-state index contributed by atoms with van der Waals surface area (Å²) in [5, 5.41) is 12.2. The molecule has 0 radical (unpaired) electrons. The molecule has 1 aromatic heterocycles. The van der Waals surface area contributed by atoms with E-state index in [1.54, 1.807) is 7.05 Å². The fraction of sp³-hybridized carbons (Fsp3) is 0.909. The second-order valence-corrected chi connectivity index (χ2v) is 5.02. The summed E-state index contributed by atoms with van der Waals surface area (Å²) >= 11 is 5.88. The predicted octanol–water partition coefficient (Wildman–Crippen LogP) is 1.58. The highest BCUT2D eigenvalue weighted by atomic mass is 35.5. The molecule has 1 saturated carbocycles. The van der Waals surface area contributed by atoms with E-state index in [1.807, 2.05) is 0 Å². The molecule has 0 N–H and O–H groups in total. The van der Waals surface area contributed by atoms with Gasteiger partial charge in [0.1, 0.15) is 0 Å². The van der Waals surface area contributed by atoms with Crippen LogP contribution in [0.25, 0.3) is 0 Å². The predicted molar refractivity (Wildman–Crippen MR) is 66.8 cm³/mol. The van der Waals surface area contributed by atoms with E-state index in [0.29, 0.717) is 11.9 Å². The molecule has 96 valence electrons. The first-order valence-electron chi connectivity index (χ1n) is 6.32. The first-order chi connectivity index (χ1) is 8.29. The van der Waals surface area contributed by atoms with Crippen LogP contribution in [-0.2, 0) is 13.6 Å². The maximum atomic E-state index is 5.88. The Morgan fingerprint density at radius 3 is 2.71 bits per heavy atom. The first-order valence-corrected chi connectivity index (χ1v) is 6.86. The summed E-state index contributed by atoms with van der Waals surface area (Å²) in [7, 11) is 1.79. The van der Waals surface area contributed by atoms with Crippen molar-refractivity contribution in [2.75, 3.05) is 12.4 Å². The zero-order valence-corrected chi connectivity index (χ0v) is 11.1. The average Bonchev–Trinajstić information content (AvgIpc) is 2.75. The van der Waals surface area contributed by atoms with Crippen molar-refractivity contribution in [2.45, 2.75) is 44.7 Å². The van der Waals surface area contributed by atoms with Crippen molar-refractivity contribution in [1.29, 1.82) is 0 Å². The largest absolute Gasteiger partial charge is 0.292 e. The summed E-state index contributed by atoms with van der Waals surface area (Å²) in [6, 6.07) is 0.645. The van der Waals surface area contributed by atoms with Crippen LogP contribution in [0.4, 0.5) is 0 Å². The quantitative estimate of drug-likeness (QED) is 0.752. The van der Waals surface area contributed by atoms with Gasteiger partial charge < -0.3 is 0 Å². The molecule has 1 aliphatic carbocycles. The Morgan fingerprint density at radius 1 is 1.35 bits per heavy atom. The third-order valence-corrected chi connectivity index (χ3v) is 3.53. The zero-order chi connectivity index (χ0) is 12.1. The maximum absolute atomic E-state index is 5.88. The Labute approximate surface area is 107 Å². The molecule has 0 bridgehead atoms. The van der Waals surface area contributed by atoms with Crippen LogP contribution >= 0.6 is 11.6 Å². The lowest BCUT2D eigenvalue weighted by atomic mass is 9.94. The second kappa shape index (κ2) is 6.31. The molecule has 1 heterocycles. The van der Waals surface area contributed by atoms with E-state index in [-0.39, 0.29) is 0 Å². The number of hydrogen-bond donors (Lipinski definition) is 0. The lowest BCUT2D eigenvalue weighted by Crippen LogP contribution is -2.38. The van der Waals surface area contributed by atoms with E-state index < -0.39 is 0 Å². The summed E-state index contributed by atoms with van der Waals surface area (Å²) in [6.45, 7) is 1.68. The van der Waals surface area contributed by atoms with Gasteiger partial charge in [0, 0.05) is 18.5 Å². The summed E-state index contributed by atoms with van der Waals surface area (Å²) in [5.41, 5.74) is 0. The van der Waals surface area contributed by atoms with Gasteiger partial charge in [0.05, 0.1) is 13.6 Å². The summed E-state index contributed by atoms with van der Waals surface area (Å²) in [4.78, 5) is 3.91. The van der Waals surface area contributed by atoms with E-state index in [9.17, 15) is 0 Å². The van der Waals surface area contributed by atoms with Crippen LogP contribution in [0.15, 0.2) is 0 Å². The maximum Gasteiger partial charge on any atom is 0.188 e.